The van der Waals surface area contributed by atoms with Crippen molar-refractivity contribution in [3.8, 4) is 0 Å². The van der Waals surface area contributed by atoms with E-state index in [2.05, 4.69) is 5.16 Å². The Labute approximate surface area is 92.5 Å². The molecule has 0 radical (unpaired) electrons. The smallest absolute Gasteiger partial charge is 0.378 e. The summed E-state index contributed by atoms with van der Waals surface area (Å²) < 4.78 is 14.3. The molecule has 0 spiro atoms. The highest BCUT2D eigenvalue weighted by Crippen LogP contribution is 2.16. The second-order valence-corrected chi connectivity index (χ2v) is 2.91. The Morgan fingerprint density at radius 1 is 1.19 bits per heavy atom. The first-order chi connectivity index (χ1) is 7.61. The average Bonchev–Trinajstić information content (AvgIpc) is 2.61. The zero-order chi connectivity index (χ0) is 12.1. The molecule has 0 amide bonds. The monoisotopic (exact) mass is 227 g/mol. The molecule has 0 aliphatic heterocycles. The summed E-state index contributed by atoms with van der Waals surface area (Å²) in [4.78, 5) is 22.9. The van der Waals surface area contributed by atoms with Crippen LogP contribution >= 0.6 is 0 Å². The maximum Gasteiger partial charge on any atom is 0.378 e. The average molecular weight is 227 g/mol. The predicted octanol–water partition coefficient (Wildman–Crippen LogP) is 1.34. The van der Waals surface area contributed by atoms with E-state index in [9.17, 15) is 9.59 Å². The molecule has 0 atom stereocenters. The van der Waals surface area contributed by atoms with E-state index in [-0.39, 0.29) is 24.5 Å². The summed E-state index contributed by atoms with van der Waals surface area (Å²) in [5.74, 6) is -1.56. The molecule has 1 aromatic heterocycles. The van der Waals surface area contributed by atoms with E-state index in [0.29, 0.717) is 5.69 Å². The lowest BCUT2D eigenvalue weighted by Gasteiger charge is -2.01. The van der Waals surface area contributed by atoms with E-state index >= 15 is 0 Å². The molecule has 0 unspecified atom stereocenters. The van der Waals surface area contributed by atoms with Crippen LogP contribution in [0.1, 0.15) is 40.5 Å². The van der Waals surface area contributed by atoms with Crippen LogP contribution in [-0.4, -0.2) is 30.3 Å². The van der Waals surface area contributed by atoms with Crippen molar-refractivity contribution in [2.45, 2.75) is 20.8 Å². The summed E-state index contributed by atoms with van der Waals surface area (Å²) in [6.45, 7) is 5.29. The van der Waals surface area contributed by atoms with Crippen LogP contribution in [0, 0.1) is 6.92 Å². The fourth-order valence-electron chi connectivity index (χ4n) is 1.15. The number of carbonyl (C=O) groups is 2. The van der Waals surface area contributed by atoms with E-state index in [1.165, 1.54) is 0 Å². The van der Waals surface area contributed by atoms with Gasteiger partial charge in [0.25, 0.3) is 5.76 Å². The Balaban J connectivity index is 3.02. The summed E-state index contributed by atoms with van der Waals surface area (Å²) in [6.07, 6.45) is 0. The Morgan fingerprint density at radius 3 is 2.31 bits per heavy atom. The number of aryl methyl sites for hydroxylation is 1. The van der Waals surface area contributed by atoms with E-state index in [0.717, 1.165) is 0 Å². The van der Waals surface area contributed by atoms with Crippen LogP contribution in [-0.2, 0) is 9.47 Å². The van der Waals surface area contributed by atoms with Crippen molar-refractivity contribution >= 4 is 11.9 Å². The van der Waals surface area contributed by atoms with Crippen molar-refractivity contribution in [1.29, 1.82) is 0 Å². The molecule has 88 valence electrons. The number of ether oxygens (including phenoxy) is 2. The molecule has 6 heteroatoms. The third-order valence-corrected chi connectivity index (χ3v) is 1.80. The molecule has 16 heavy (non-hydrogen) atoms. The van der Waals surface area contributed by atoms with Gasteiger partial charge in [0.1, 0.15) is 5.56 Å². The number of rotatable bonds is 4. The fraction of sp³-hybridized carbons (Fsp3) is 0.500. The molecule has 1 rings (SSSR count). The van der Waals surface area contributed by atoms with Gasteiger partial charge in [0.15, 0.2) is 0 Å². The van der Waals surface area contributed by atoms with Crippen molar-refractivity contribution in [3.05, 3.63) is 17.0 Å². The normalized spacial score (nSPS) is 9.94. The third kappa shape index (κ3) is 2.39. The van der Waals surface area contributed by atoms with Gasteiger partial charge in [-0.2, -0.15) is 0 Å². The van der Waals surface area contributed by atoms with Gasteiger partial charge in [-0.3, -0.25) is 0 Å². The van der Waals surface area contributed by atoms with Gasteiger partial charge in [0, 0.05) is 0 Å². The summed E-state index contributed by atoms with van der Waals surface area (Å²) in [5, 5.41) is 3.55. The fourth-order valence-corrected chi connectivity index (χ4v) is 1.15. The molecule has 0 aliphatic carbocycles. The summed E-state index contributed by atoms with van der Waals surface area (Å²) >= 11 is 0. The first-order valence-corrected chi connectivity index (χ1v) is 4.92. The summed E-state index contributed by atoms with van der Waals surface area (Å²) in [6, 6.07) is 0. The lowest BCUT2D eigenvalue weighted by molar-refractivity contribution is 0.0445. The molecule has 0 saturated heterocycles. The molecule has 0 fully saturated rings. The molecule has 0 N–H and O–H groups in total. The number of aromatic nitrogens is 1. The van der Waals surface area contributed by atoms with Gasteiger partial charge >= 0.3 is 11.9 Å². The number of carbonyl (C=O) groups excluding carboxylic acids is 2. The molecule has 0 aliphatic rings. The highest BCUT2D eigenvalue weighted by atomic mass is 16.6. The molecule has 6 nitrogen and oxygen atoms in total. The molecular formula is C10H13NO5. The zero-order valence-corrected chi connectivity index (χ0v) is 9.40. The second kappa shape index (κ2) is 5.29. The Morgan fingerprint density at radius 2 is 1.75 bits per heavy atom. The van der Waals surface area contributed by atoms with Crippen molar-refractivity contribution in [2.24, 2.45) is 0 Å². The number of hydrogen-bond acceptors (Lipinski definition) is 6. The number of esters is 2. The van der Waals surface area contributed by atoms with Crippen molar-refractivity contribution in [1.82, 2.24) is 5.16 Å². The van der Waals surface area contributed by atoms with E-state index in [1.807, 2.05) is 0 Å². The van der Waals surface area contributed by atoms with Crippen LogP contribution < -0.4 is 0 Å². The maximum absolute atomic E-state index is 11.5. The van der Waals surface area contributed by atoms with Crippen LogP contribution in [0.25, 0.3) is 0 Å². The van der Waals surface area contributed by atoms with Gasteiger partial charge in [0.2, 0.25) is 0 Å². The van der Waals surface area contributed by atoms with Gasteiger partial charge in [-0.05, 0) is 20.8 Å². The number of hydrogen-bond donors (Lipinski definition) is 0. The Hall–Kier alpha value is -1.85. The first-order valence-electron chi connectivity index (χ1n) is 4.92. The minimum absolute atomic E-state index is 0.0281. The topological polar surface area (TPSA) is 78.6 Å². The summed E-state index contributed by atoms with van der Waals surface area (Å²) in [7, 11) is 0. The quantitative estimate of drug-likeness (QED) is 0.722. The number of nitrogens with zero attached hydrogens (tertiary/aromatic N) is 1. The van der Waals surface area contributed by atoms with Crippen molar-refractivity contribution < 1.29 is 23.6 Å². The Bertz CT molecular complexity index is 396. The lowest BCUT2D eigenvalue weighted by atomic mass is 10.2. The lowest BCUT2D eigenvalue weighted by Crippen LogP contribution is -2.12. The van der Waals surface area contributed by atoms with E-state index in [4.69, 9.17) is 14.0 Å². The SMILES string of the molecule is CCOC(=O)c1onc(C)c1C(=O)OCC. The van der Waals surface area contributed by atoms with Gasteiger partial charge in [-0.15, -0.1) is 0 Å². The van der Waals surface area contributed by atoms with Crippen LogP contribution in [0.15, 0.2) is 4.52 Å². The van der Waals surface area contributed by atoms with Crippen LogP contribution in [0.5, 0.6) is 0 Å². The van der Waals surface area contributed by atoms with Crippen LogP contribution in [0.2, 0.25) is 0 Å². The van der Waals surface area contributed by atoms with E-state index in [1.54, 1.807) is 20.8 Å². The highest BCUT2D eigenvalue weighted by Gasteiger charge is 2.27. The van der Waals surface area contributed by atoms with Gasteiger partial charge < -0.3 is 14.0 Å². The predicted molar refractivity (Wildman–Crippen MR) is 53.2 cm³/mol. The standard InChI is InChI=1S/C10H13NO5/c1-4-14-9(12)7-6(3)11-16-8(7)10(13)15-5-2/h4-5H2,1-3H3. The summed E-state index contributed by atoms with van der Waals surface area (Å²) in [5.41, 5.74) is 0.335. The first kappa shape index (κ1) is 12.2. The highest BCUT2D eigenvalue weighted by molar-refractivity contribution is 6.01. The van der Waals surface area contributed by atoms with Crippen molar-refractivity contribution in [2.75, 3.05) is 13.2 Å². The van der Waals surface area contributed by atoms with Crippen LogP contribution in [0.4, 0.5) is 0 Å². The molecular weight excluding hydrogens is 214 g/mol. The molecule has 1 heterocycles. The zero-order valence-electron chi connectivity index (χ0n) is 9.40. The minimum Gasteiger partial charge on any atom is -0.462 e. The second-order valence-electron chi connectivity index (χ2n) is 2.91. The minimum atomic E-state index is -0.717. The molecule has 0 bridgehead atoms. The van der Waals surface area contributed by atoms with Crippen molar-refractivity contribution in [3.63, 3.8) is 0 Å². The molecule has 1 aromatic rings. The molecule has 0 aromatic carbocycles. The molecule has 0 saturated carbocycles. The third-order valence-electron chi connectivity index (χ3n) is 1.80. The van der Waals surface area contributed by atoms with E-state index < -0.39 is 11.9 Å². The van der Waals surface area contributed by atoms with Crippen LogP contribution in [0.3, 0.4) is 0 Å². The Kier molecular flexibility index (Phi) is 4.04. The largest absolute Gasteiger partial charge is 0.462 e. The van der Waals surface area contributed by atoms with Gasteiger partial charge in [-0.25, -0.2) is 9.59 Å². The van der Waals surface area contributed by atoms with Gasteiger partial charge in [-0.1, -0.05) is 5.16 Å². The maximum atomic E-state index is 11.5. The van der Waals surface area contributed by atoms with Gasteiger partial charge in [0.05, 0.1) is 18.9 Å².